The van der Waals surface area contributed by atoms with Gasteiger partial charge < -0.3 is 15.2 Å². The largest absolute Gasteiger partial charge is 0.396 e. The van der Waals surface area contributed by atoms with Gasteiger partial charge in [-0.05, 0) is 19.3 Å². The summed E-state index contributed by atoms with van der Waals surface area (Å²) in [5.74, 6) is 0.0181. The Morgan fingerprint density at radius 2 is 2.46 bits per heavy atom. The van der Waals surface area contributed by atoms with Gasteiger partial charge in [0, 0.05) is 19.6 Å². The molecule has 1 unspecified atom stereocenters. The van der Waals surface area contributed by atoms with E-state index in [0.717, 1.165) is 19.4 Å². The molecule has 1 atom stereocenters. The third-order valence-corrected chi connectivity index (χ3v) is 2.09. The fraction of sp³-hybridized carbons (Fsp3) is 0.889. The number of nitrogens with one attached hydrogen (secondary N) is 1. The van der Waals surface area contributed by atoms with Gasteiger partial charge in [-0.2, -0.15) is 0 Å². The first-order chi connectivity index (χ1) is 6.33. The van der Waals surface area contributed by atoms with E-state index in [1.54, 1.807) is 0 Å². The molecule has 0 aromatic heterocycles. The molecule has 76 valence electrons. The Morgan fingerprint density at radius 3 is 3.08 bits per heavy atom. The van der Waals surface area contributed by atoms with Crippen LogP contribution in [0.2, 0.25) is 0 Å². The Labute approximate surface area is 78.3 Å². The van der Waals surface area contributed by atoms with Gasteiger partial charge in [-0.25, -0.2) is 0 Å². The van der Waals surface area contributed by atoms with E-state index in [1.807, 2.05) is 0 Å². The number of aliphatic hydroxyl groups excluding tert-OH is 1. The number of aliphatic hydroxyl groups is 1. The molecular weight excluding hydrogens is 170 g/mol. The lowest BCUT2D eigenvalue weighted by molar-refractivity contribution is -0.123. The highest BCUT2D eigenvalue weighted by molar-refractivity contribution is 5.76. The van der Waals surface area contributed by atoms with Crippen LogP contribution in [0.25, 0.3) is 0 Å². The van der Waals surface area contributed by atoms with E-state index in [1.165, 1.54) is 0 Å². The van der Waals surface area contributed by atoms with E-state index < -0.39 is 0 Å². The molecule has 0 spiro atoms. The molecule has 0 saturated carbocycles. The molecular formula is C9H17NO3. The smallest absolute Gasteiger partial charge is 0.220 e. The Hall–Kier alpha value is -0.610. The second-order valence-corrected chi connectivity index (χ2v) is 3.31. The van der Waals surface area contributed by atoms with Gasteiger partial charge in [-0.15, -0.1) is 0 Å². The molecule has 0 aliphatic carbocycles. The minimum atomic E-state index is 0.0181. The number of amides is 1. The first-order valence-electron chi connectivity index (χ1n) is 4.81. The average Bonchev–Trinajstić information content (AvgIpc) is 2.16. The van der Waals surface area contributed by atoms with E-state index in [4.69, 9.17) is 9.84 Å². The van der Waals surface area contributed by atoms with Gasteiger partial charge in [0.1, 0.15) is 0 Å². The van der Waals surface area contributed by atoms with E-state index in [0.29, 0.717) is 19.4 Å². The molecule has 0 aromatic rings. The lowest BCUT2D eigenvalue weighted by Gasteiger charge is -2.22. The van der Waals surface area contributed by atoms with Crippen molar-refractivity contribution in [2.75, 3.05) is 19.8 Å². The number of carbonyl (C=O) groups is 1. The van der Waals surface area contributed by atoms with E-state index >= 15 is 0 Å². The first-order valence-corrected chi connectivity index (χ1v) is 4.81. The Bertz CT molecular complexity index is 155. The summed E-state index contributed by atoms with van der Waals surface area (Å²) in [5.41, 5.74) is 0. The molecule has 1 aliphatic rings. The van der Waals surface area contributed by atoms with Gasteiger partial charge in [0.15, 0.2) is 0 Å². The molecule has 0 aromatic carbocycles. The van der Waals surface area contributed by atoms with E-state index in [-0.39, 0.29) is 18.6 Å². The highest BCUT2D eigenvalue weighted by Crippen LogP contribution is 2.05. The molecule has 1 fully saturated rings. The zero-order valence-electron chi connectivity index (χ0n) is 7.79. The van der Waals surface area contributed by atoms with Crippen molar-refractivity contribution in [2.24, 2.45) is 0 Å². The minimum absolute atomic E-state index is 0.0181. The third-order valence-electron chi connectivity index (χ3n) is 2.09. The maximum Gasteiger partial charge on any atom is 0.220 e. The monoisotopic (exact) mass is 187 g/mol. The number of hydrogen-bond donors (Lipinski definition) is 2. The molecule has 4 nitrogen and oxygen atoms in total. The van der Waals surface area contributed by atoms with Crippen molar-refractivity contribution in [3.63, 3.8) is 0 Å². The van der Waals surface area contributed by atoms with E-state index in [9.17, 15) is 4.79 Å². The topological polar surface area (TPSA) is 58.6 Å². The van der Waals surface area contributed by atoms with Crippen molar-refractivity contribution >= 4 is 5.91 Å². The Balaban J connectivity index is 2.11. The normalized spacial score (nSPS) is 22.7. The molecule has 1 rings (SSSR count). The lowest BCUT2D eigenvalue weighted by atomic mass is 10.1. The molecule has 2 N–H and O–H groups in total. The fourth-order valence-electron chi connectivity index (χ4n) is 1.39. The molecule has 1 saturated heterocycles. The van der Waals surface area contributed by atoms with Gasteiger partial charge in [0.05, 0.1) is 12.6 Å². The van der Waals surface area contributed by atoms with Crippen LogP contribution in [0.15, 0.2) is 0 Å². The van der Waals surface area contributed by atoms with Crippen molar-refractivity contribution in [1.82, 2.24) is 5.32 Å². The predicted octanol–water partition coefficient (Wildman–Crippen LogP) is 0.0541. The molecule has 13 heavy (non-hydrogen) atoms. The van der Waals surface area contributed by atoms with Crippen molar-refractivity contribution in [3.05, 3.63) is 0 Å². The average molecular weight is 187 g/mol. The Kier molecular flexibility index (Phi) is 4.78. The fourth-order valence-corrected chi connectivity index (χ4v) is 1.39. The van der Waals surface area contributed by atoms with Gasteiger partial charge in [0.2, 0.25) is 5.91 Å². The SMILES string of the molecule is O=C(CCCO)NC1CCCOC1. The number of rotatable bonds is 4. The van der Waals surface area contributed by atoms with Crippen molar-refractivity contribution < 1.29 is 14.6 Å². The summed E-state index contributed by atoms with van der Waals surface area (Å²) < 4.78 is 5.22. The van der Waals surface area contributed by atoms with Crippen LogP contribution in [0, 0.1) is 0 Å². The molecule has 0 bridgehead atoms. The Morgan fingerprint density at radius 1 is 1.62 bits per heavy atom. The summed E-state index contributed by atoms with van der Waals surface area (Å²) >= 11 is 0. The summed E-state index contributed by atoms with van der Waals surface area (Å²) in [6.07, 6.45) is 2.97. The molecule has 1 aliphatic heterocycles. The van der Waals surface area contributed by atoms with Crippen LogP contribution in [0.3, 0.4) is 0 Å². The highest BCUT2D eigenvalue weighted by atomic mass is 16.5. The quantitative estimate of drug-likeness (QED) is 0.654. The number of carbonyl (C=O) groups excluding carboxylic acids is 1. The highest BCUT2D eigenvalue weighted by Gasteiger charge is 2.15. The van der Waals surface area contributed by atoms with Crippen LogP contribution in [0.4, 0.5) is 0 Å². The maximum absolute atomic E-state index is 11.2. The second kappa shape index (κ2) is 5.94. The maximum atomic E-state index is 11.2. The first kappa shape index (κ1) is 10.5. The van der Waals surface area contributed by atoms with Gasteiger partial charge in [0.25, 0.3) is 0 Å². The standard InChI is InChI=1S/C9H17NO3/c11-5-1-4-9(12)10-8-3-2-6-13-7-8/h8,11H,1-7H2,(H,10,12). The second-order valence-electron chi connectivity index (χ2n) is 3.31. The summed E-state index contributed by atoms with van der Waals surface area (Å²) in [6.45, 7) is 1.52. The van der Waals surface area contributed by atoms with Gasteiger partial charge in [-0.1, -0.05) is 0 Å². The van der Waals surface area contributed by atoms with Crippen LogP contribution in [-0.4, -0.2) is 36.9 Å². The minimum Gasteiger partial charge on any atom is -0.396 e. The van der Waals surface area contributed by atoms with Crippen molar-refractivity contribution in [2.45, 2.75) is 31.7 Å². The van der Waals surface area contributed by atoms with E-state index in [2.05, 4.69) is 5.32 Å². The summed E-state index contributed by atoms with van der Waals surface area (Å²) in [5, 5.41) is 11.4. The zero-order valence-corrected chi connectivity index (χ0v) is 7.79. The summed E-state index contributed by atoms with van der Waals surface area (Å²) in [4.78, 5) is 11.2. The van der Waals surface area contributed by atoms with Gasteiger partial charge in [-0.3, -0.25) is 4.79 Å². The lowest BCUT2D eigenvalue weighted by Crippen LogP contribution is -2.40. The zero-order chi connectivity index (χ0) is 9.52. The molecule has 0 radical (unpaired) electrons. The summed E-state index contributed by atoms with van der Waals surface area (Å²) in [7, 11) is 0. The van der Waals surface area contributed by atoms with Crippen LogP contribution in [-0.2, 0) is 9.53 Å². The predicted molar refractivity (Wildman–Crippen MR) is 48.3 cm³/mol. The summed E-state index contributed by atoms with van der Waals surface area (Å²) in [6, 6.07) is 0.181. The number of hydrogen-bond acceptors (Lipinski definition) is 3. The molecule has 1 heterocycles. The van der Waals surface area contributed by atoms with Crippen molar-refractivity contribution in [3.8, 4) is 0 Å². The van der Waals surface area contributed by atoms with Crippen LogP contribution in [0.1, 0.15) is 25.7 Å². The molecule has 4 heteroatoms. The third kappa shape index (κ3) is 4.24. The number of ether oxygens (including phenoxy) is 1. The molecule has 1 amide bonds. The van der Waals surface area contributed by atoms with Crippen molar-refractivity contribution in [1.29, 1.82) is 0 Å². The van der Waals surface area contributed by atoms with Crippen LogP contribution < -0.4 is 5.32 Å². The van der Waals surface area contributed by atoms with Gasteiger partial charge >= 0.3 is 0 Å². The van der Waals surface area contributed by atoms with Crippen LogP contribution >= 0.6 is 0 Å². The van der Waals surface area contributed by atoms with Crippen LogP contribution in [0.5, 0.6) is 0 Å².